The molecule has 0 aromatic heterocycles. The quantitative estimate of drug-likeness (QED) is 0.744. The van der Waals surface area contributed by atoms with Gasteiger partial charge in [-0.25, -0.2) is 8.42 Å². The molecule has 0 bridgehead atoms. The van der Waals surface area contributed by atoms with E-state index in [1.165, 1.54) is 0 Å². The van der Waals surface area contributed by atoms with E-state index < -0.39 is 15.9 Å². The lowest BCUT2D eigenvalue weighted by atomic mass is 10.2. The van der Waals surface area contributed by atoms with E-state index in [1.807, 2.05) is 6.92 Å². The maximum absolute atomic E-state index is 12.8. The molecule has 1 aliphatic rings. The molecule has 1 aliphatic heterocycles. The van der Waals surface area contributed by atoms with Gasteiger partial charge in [0.15, 0.2) is 15.9 Å². The van der Waals surface area contributed by atoms with Crippen LogP contribution in [0.15, 0.2) is 18.2 Å². The molecule has 0 aliphatic carbocycles. The molecule has 2 atom stereocenters. The molecule has 1 saturated heterocycles. The van der Waals surface area contributed by atoms with Gasteiger partial charge in [-0.1, -0.05) is 36.2 Å². The first-order chi connectivity index (χ1) is 11.2. The Morgan fingerprint density at radius 3 is 2.71 bits per heavy atom. The molecule has 5 nitrogen and oxygen atoms in total. The van der Waals surface area contributed by atoms with E-state index in [4.69, 9.17) is 27.9 Å². The fraction of sp³-hybridized carbons (Fsp3) is 0.562. The number of carbonyl (C=O) groups is 1. The summed E-state index contributed by atoms with van der Waals surface area (Å²) in [5.74, 6) is 0.236. The third-order valence-corrected chi connectivity index (χ3v) is 6.52. The topological polar surface area (TPSA) is 63.7 Å². The number of sulfone groups is 1. The van der Waals surface area contributed by atoms with Crippen LogP contribution in [0.4, 0.5) is 0 Å². The van der Waals surface area contributed by atoms with Gasteiger partial charge < -0.3 is 9.64 Å². The van der Waals surface area contributed by atoms with Gasteiger partial charge in [0.2, 0.25) is 0 Å². The molecule has 0 saturated carbocycles. The Balaban J connectivity index is 2.12. The second-order valence-electron chi connectivity index (χ2n) is 5.90. The second kappa shape index (κ2) is 7.93. The molecule has 0 spiro atoms. The number of hydrogen-bond donors (Lipinski definition) is 0. The van der Waals surface area contributed by atoms with Crippen molar-refractivity contribution in [1.29, 1.82) is 0 Å². The first-order valence-corrected chi connectivity index (χ1v) is 10.4. The Kier molecular flexibility index (Phi) is 6.39. The van der Waals surface area contributed by atoms with Crippen LogP contribution in [0, 0.1) is 0 Å². The van der Waals surface area contributed by atoms with Gasteiger partial charge in [-0.05, 0) is 31.9 Å². The minimum atomic E-state index is -3.06. The van der Waals surface area contributed by atoms with E-state index in [9.17, 15) is 13.2 Å². The molecule has 2 rings (SSSR count). The van der Waals surface area contributed by atoms with Crippen molar-refractivity contribution in [1.82, 2.24) is 4.90 Å². The summed E-state index contributed by atoms with van der Waals surface area (Å²) in [6.07, 6.45) is 0.432. The highest BCUT2D eigenvalue weighted by Crippen LogP contribution is 2.32. The van der Waals surface area contributed by atoms with Crippen molar-refractivity contribution in [3.63, 3.8) is 0 Å². The minimum absolute atomic E-state index is 0.0172. The predicted molar refractivity (Wildman–Crippen MR) is 95.6 cm³/mol. The third-order valence-electron chi connectivity index (χ3n) is 3.96. The van der Waals surface area contributed by atoms with E-state index in [1.54, 1.807) is 30.0 Å². The van der Waals surface area contributed by atoms with Crippen LogP contribution in [-0.2, 0) is 14.6 Å². The Bertz CT molecular complexity index is 708. The van der Waals surface area contributed by atoms with Gasteiger partial charge >= 0.3 is 0 Å². The average molecular weight is 394 g/mol. The first-order valence-electron chi connectivity index (χ1n) is 7.86. The molecule has 24 heavy (non-hydrogen) atoms. The maximum Gasteiger partial charge on any atom is 0.263 e. The van der Waals surface area contributed by atoms with E-state index >= 15 is 0 Å². The predicted octanol–water partition coefficient (Wildman–Crippen LogP) is 3.19. The highest BCUT2D eigenvalue weighted by Gasteiger charge is 2.36. The monoisotopic (exact) mass is 393 g/mol. The number of rotatable bonds is 6. The highest BCUT2D eigenvalue weighted by molar-refractivity contribution is 7.91. The summed E-state index contributed by atoms with van der Waals surface area (Å²) in [7, 11) is -3.06. The molecule has 8 heteroatoms. The van der Waals surface area contributed by atoms with Crippen LogP contribution in [0.5, 0.6) is 5.75 Å². The maximum atomic E-state index is 12.8. The number of benzene rings is 1. The SMILES string of the molecule is CCCN(C(=O)C(C)Oc1cccc(Cl)c1Cl)C1CCS(=O)(=O)C1. The molecule has 1 heterocycles. The van der Waals surface area contributed by atoms with Gasteiger partial charge in [0.05, 0.1) is 16.5 Å². The average Bonchev–Trinajstić information content (AvgIpc) is 2.88. The zero-order chi connectivity index (χ0) is 17.9. The van der Waals surface area contributed by atoms with Crippen LogP contribution in [0.3, 0.4) is 0 Å². The summed E-state index contributed by atoms with van der Waals surface area (Å²) in [5.41, 5.74) is 0. The summed E-state index contributed by atoms with van der Waals surface area (Å²) in [5, 5.41) is 0.602. The largest absolute Gasteiger partial charge is 0.479 e. The van der Waals surface area contributed by atoms with Crippen molar-refractivity contribution in [2.24, 2.45) is 0 Å². The zero-order valence-electron chi connectivity index (χ0n) is 13.7. The summed E-state index contributed by atoms with van der Waals surface area (Å²) in [6, 6.07) is 4.68. The molecular formula is C16H21Cl2NO4S. The Labute approximate surface area is 152 Å². The van der Waals surface area contributed by atoms with Gasteiger partial charge in [-0.3, -0.25) is 4.79 Å². The van der Waals surface area contributed by atoms with Crippen molar-refractivity contribution in [3.05, 3.63) is 28.2 Å². The van der Waals surface area contributed by atoms with Crippen molar-refractivity contribution in [2.45, 2.75) is 38.8 Å². The number of ether oxygens (including phenoxy) is 1. The van der Waals surface area contributed by atoms with Crippen molar-refractivity contribution >= 4 is 38.9 Å². The van der Waals surface area contributed by atoms with E-state index in [0.717, 1.165) is 6.42 Å². The number of nitrogens with zero attached hydrogens (tertiary/aromatic N) is 1. The van der Waals surface area contributed by atoms with Crippen LogP contribution in [0.2, 0.25) is 10.0 Å². The Hall–Kier alpha value is -0.980. The van der Waals surface area contributed by atoms with E-state index in [0.29, 0.717) is 23.7 Å². The third kappa shape index (κ3) is 4.55. The molecule has 2 unspecified atom stereocenters. The van der Waals surface area contributed by atoms with E-state index in [-0.39, 0.29) is 28.5 Å². The van der Waals surface area contributed by atoms with Gasteiger partial charge in [0.1, 0.15) is 10.8 Å². The fourth-order valence-electron chi connectivity index (χ4n) is 2.78. The molecular weight excluding hydrogens is 373 g/mol. The van der Waals surface area contributed by atoms with Crippen LogP contribution < -0.4 is 4.74 Å². The Morgan fingerprint density at radius 1 is 1.42 bits per heavy atom. The smallest absolute Gasteiger partial charge is 0.263 e. The summed E-state index contributed by atoms with van der Waals surface area (Å²) in [6.45, 7) is 4.07. The molecule has 1 fully saturated rings. The molecule has 0 N–H and O–H groups in total. The lowest BCUT2D eigenvalue weighted by Crippen LogP contribution is -2.47. The zero-order valence-corrected chi connectivity index (χ0v) is 16.0. The summed E-state index contributed by atoms with van der Waals surface area (Å²) < 4.78 is 29.1. The van der Waals surface area contributed by atoms with Gasteiger partial charge in [-0.2, -0.15) is 0 Å². The number of hydrogen-bond acceptors (Lipinski definition) is 4. The van der Waals surface area contributed by atoms with Gasteiger partial charge in [-0.15, -0.1) is 0 Å². The molecule has 0 radical (unpaired) electrons. The lowest BCUT2D eigenvalue weighted by Gasteiger charge is -2.30. The van der Waals surface area contributed by atoms with Crippen molar-refractivity contribution < 1.29 is 17.9 Å². The lowest BCUT2D eigenvalue weighted by molar-refractivity contribution is -0.139. The summed E-state index contributed by atoms with van der Waals surface area (Å²) in [4.78, 5) is 14.4. The number of amides is 1. The van der Waals surface area contributed by atoms with Crippen LogP contribution >= 0.6 is 23.2 Å². The van der Waals surface area contributed by atoms with Crippen LogP contribution in [0.1, 0.15) is 26.7 Å². The highest BCUT2D eigenvalue weighted by atomic mass is 35.5. The second-order valence-corrected chi connectivity index (χ2v) is 8.91. The molecule has 1 aromatic rings. The van der Waals surface area contributed by atoms with Gasteiger partial charge in [0.25, 0.3) is 5.91 Å². The Morgan fingerprint density at radius 2 is 2.12 bits per heavy atom. The fourth-order valence-corrected chi connectivity index (χ4v) is 4.85. The molecule has 1 aromatic carbocycles. The number of carbonyl (C=O) groups excluding carboxylic acids is 1. The van der Waals surface area contributed by atoms with Crippen LogP contribution in [-0.4, -0.2) is 49.4 Å². The molecule has 134 valence electrons. The summed E-state index contributed by atoms with van der Waals surface area (Å²) >= 11 is 12.0. The van der Waals surface area contributed by atoms with Crippen LogP contribution in [0.25, 0.3) is 0 Å². The number of halogens is 2. The molecule has 1 amide bonds. The van der Waals surface area contributed by atoms with E-state index in [2.05, 4.69) is 0 Å². The van der Waals surface area contributed by atoms with Crippen molar-refractivity contribution in [3.8, 4) is 5.75 Å². The first kappa shape index (κ1) is 19.3. The minimum Gasteiger partial charge on any atom is -0.479 e. The van der Waals surface area contributed by atoms with Gasteiger partial charge in [0, 0.05) is 12.6 Å². The van der Waals surface area contributed by atoms with Crippen molar-refractivity contribution in [2.75, 3.05) is 18.1 Å². The standard InChI is InChI=1S/C16H21Cl2NO4S/c1-3-8-19(12-7-9-24(21,22)10-12)16(20)11(2)23-14-6-4-5-13(17)15(14)18/h4-6,11-12H,3,7-10H2,1-2H3. The normalized spacial score (nSPS) is 20.6.